The van der Waals surface area contributed by atoms with Gasteiger partial charge in [0.1, 0.15) is 17.7 Å². The Morgan fingerprint density at radius 1 is 1.35 bits per heavy atom. The molecule has 2 rings (SSSR count). The predicted octanol–water partition coefficient (Wildman–Crippen LogP) is 2.16. The third-order valence-electron chi connectivity index (χ3n) is 2.87. The van der Waals surface area contributed by atoms with Crippen molar-refractivity contribution in [3.8, 4) is 17.5 Å². The van der Waals surface area contributed by atoms with Crippen LogP contribution in [0.5, 0.6) is 0 Å². The second-order valence-corrected chi connectivity index (χ2v) is 4.16. The first kappa shape index (κ1) is 11.2. The molecule has 0 unspecified atom stereocenters. The molecule has 0 spiro atoms. The molecule has 1 aromatic heterocycles. The lowest BCUT2D eigenvalue weighted by Gasteiger charge is -2.07. The molecule has 0 amide bonds. The molecule has 4 heteroatoms. The Hall–Kier alpha value is -2.28. The van der Waals surface area contributed by atoms with E-state index in [9.17, 15) is 0 Å². The SMILES string of the molecule is Cc1ccc(-c2nc(C#N)c(N)n2C)c(C)c1. The van der Waals surface area contributed by atoms with Gasteiger partial charge >= 0.3 is 0 Å². The van der Waals surface area contributed by atoms with Crippen LogP contribution in [0.3, 0.4) is 0 Å². The Morgan fingerprint density at radius 3 is 2.59 bits per heavy atom. The van der Waals surface area contributed by atoms with E-state index in [1.165, 1.54) is 5.56 Å². The lowest BCUT2D eigenvalue weighted by Crippen LogP contribution is -1.99. The van der Waals surface area contributed by atoms with Crippen LogP contribution in [0, 0.1) is 25.2 Å². The van der Waals surface area contributed by atoms with Crippen LogP contribution in [-0.2, 0) is 7.05 Å². The summed E-state index contributed by atoms with van der Waals surface area (Å²) in [7, 11) is 1.82. The summed E-state index contributed by atoms with van der Waals surface area (Å²) in [5.74, 6) is 1.14. The van der Waals surface area contributed by atoms with Crippen LogP contribution < -0.4 is 5.73 Å². The minimum Gasteiger partial charge on any atom is -0.383 e. The number of benzene rings is 1. The van der Waals surface area contributed by atoms with Gasteiger partial charge in [0, 0.05) is 12.6 Å². The van der Waals surface area contributed by atoms with E-state index in [0.717, 1.165) is 17.0 Å². The van der Waals surface area contributed by atoms with Gasteiger partial charge in [-0.05, 0) is 19.4 Å². The van der Waals surface area contributed by atoms with Crippen molar-refractivity contribution < 1.29 is 0 Å². The Bertz CT molecular complexity index is 617. The van der Waals surface area contributed by atoms with Crippen LogP contribution in [0.4, 0.5) is 5.82 Å². The van der Waals surface area contributed by atoms with Crippen molar-refractivity contribution in [2.75, 3.05) is 5.73 Å². The van der Waals surface area contributed by atoms with Gasteiger partial charge in [0.2, 0.25) is 0 Å². The molecular weight excluding hydrogens is 212 g/mol. The summed E-state index contributed by atoms with van der Waals surface area (Å²) >= 11 is 0. The van der Waals surface area contributed by atoms with Crippen molar-refractivity contribution in [1.29, 1.82) is 5.26 Å². The number of rotatable bonds is 1. The van der Waals surface area contributed by atoms with Gasteiger partial charge in [-0.2, -0.15) is 5.26 Å². The smallest absolute Gasteiger partial charge is 0.183 e. The largest absolute Gasteiger partial charge is 0.383 e. The van der Waals surface area contributed by atoms with E-state index >= 15 is 0 Å². The summed E-state index contributed by atoms with van der Waals surface area (Å²) in [6.45, 7) is 4.07. The second-order valence-electron chi connectivity index (χ2n) is 4.16. The summed E-state index contributed by atoms with van der Waals surface area (Å²) in [5.41, 5.74) is 9.43. The summed E-state index contributed by atoms with van der Waals surface area (Å²) in [4.78, 5) is 4.27. The molecule has 0 saturated heterocycles. The number of anilines is 1. The van der Waals surface area contributed by atoms with Gasteiger partial charge in [-0.15, -0.1) is 0 Å². The fourth-order valence-electron chi connectivity index (χ4n) is 1.90. The van der Waals surface area contributed by atoms with Crippen molar-refractivity contribution in [3.05, 3.63) is 35.0 Å². The maximum atomic E-state index is 8.91. The van der Waals surface area contributed by atoms with Gasteiger partial charge < -0.3 is 10.3 Å². The number of imidazole rings is 1. The Labute approximate surface area is 100 Å². The highest BCUT2D eigenvalue weighted by Gasteiger charge is 2.14. The third-order valence-corrected chi connectivity index (χ3v) is 2.87. The average molecular weight is 226 g/mol. The van der Waals surface area contributed by atoms with Crippen LogP contribution in [0.1, 0.15) is 16.8 Å². The lowest BCUT2D eigenvalue weighted by molar-refractivity contribution is 0.934. The molecule has 2 aromatic rings. The minimum absolute atomic E-state index is 0.280. The highest BCUT2D eigenvalue weighted by molar-refractivity contribution is 5.65. The molecule has 0 fully saturated rings. The van der Waals surface area contributed by atoms with Crippen LogP contribution in [0.25, 0.3) is 11.4 Å². The van der Waals surface area contributed by atoms with Gasteiger partial charge in [0.05, 0.1) is 0 Å². The Kier molecular flexibility index (Phi) is 2.60. The van der Waals surface area contributed by atoms with Crippen molar-refractivity contribution in [2.24, 2.45) is 7.05 Å². The lowest BCUT2D eigenvalue weighted by atomic mass is 10.1. The Morgan fingerprint density at radius 2 is 2.06 bits per heavy atom. The molecule has 0 aliphatic heterocycles. The van der Waals surface area contributed by atoms with Gasteiger partial charge in [0.25, 0.3) is 0 Å². The van der Waals surface area contributed by atoms with Crippen LogP contribution >= 0.6 is 0 Å². The van der Waals surface area contributed by atoms with E-state index in [0.29, 0.717) is 5.82 Å². The molecule has 4 nitrogen and oxygen atoms in total. The van der Waals surface area contributed by atoms with E-state index in [-0.39, 0.29) is 5.69 Å². The molecule has 86 valence electrons. The normalized spacial score (nSPS) is 10.2. The fourth-order valence-corrected chi connectivity index (χ4v) is 1.90. The highest BCUT2D eigenvalue weighted by atomic mass is 15.1. The summed E-state index contributed by atoms with van der Waals surface area (Å²) < 4.78 is 1.75. The van der Waals surface area contributed by atoms with Crippen molar-refractivity contribution in [1.82, 2.24) is 9.55 Å². The highest BCUT2D eigenvalue weighted by Crippen LogP contribution is 2.26. The average Bonchev–Trinajstić information content (AvgIpc) is 2.57. The zero-order valence-electron chi connectivity index (χ0n) is 10.2. The van der Waals surface area contributed by atoms with Crippen LogP contribution in [-0.4, -0.2) is 9.55 Å². The van der Waals surface area contributed by atoms with E-state index in [2.05, 4.69) is 11.1 Å². The van der Waals surface area contributed by atoms with E-state index < -0.39 is 0 Å². The minimum atomic E-state index is 0.280. The maximum Gasteiger partial charge on any atom is 0.183 e. The molecule has 0 bridgehead atoms. The molecule has 17 heavy (non-hydrogen) atoms. The van der Waals surface area contributed by atoms with E-state index in [1.54, 1.807) is 4.57 Å². The molecule has 0 aliphatic carbocycles. The topological polar surface area (TPSA) is 67.6 Å². The van der Waals surface area contributed by atoms with E-state index in [1.807, 2.05) is 39.1 Å². The van der Waals surface area contributed by atoms with Gasteiger partial charge in [-0.25, -0.2) is 4.98 Å². The number of hydrogen-bond donors (Lipinski definition) is 1. The number of aryl methyl sites for hydroxylation is 2. The maximum absolute atomic E-state index is 8.91. The van der Waals surface area contributed by atoms with Gasteiger partial charge in [0.15, 0.2) is 5.69 Å². The second kappa shape index (κ2) is 3.95. The summed E-state index contributed by atoms with van der Waals surface area (Å²) in [6, 6.07) is 8.12. The molecule has 0 radical (unpaired) electrons. The summed E-state index contributed by atoms with van der Waals surface area (Å²) in [6.07, 6.45) is 0. The number of hydrogen-bond acceptors (Lipinski definition) is 3. The van der Waals surface area contributed by atoms with E-state index in [4.69, 9.17) is 11.0 Å². The summed E-state index contributed by atoms with van der Waals surface area (Å²) in [5, 5.41) is 8.91. The number of nitrogens with two attached hydrogens (primary N) is 1. The Balaban J connectivity index is 2.65. The van der Waals surface area contributed by atoms with Crippen LogP contribution in [0.2, 0.25) is 0 Å². The first-order chi connectivity index (χ1) is 8.04. The molecule has 0 aliphatic rings. The quantitative estimate of drug-likeness (QED) is 0.810. The predicted molar refractivity (Wildman–Crippen MR) is 67.2 cm³/mol. The third kappa shape index (κ3) is 1.76. The number of nitriles is 1. The van der Waals surface area contributed by atoms with Crippen molar-refractivity contribution in [2.45, 2.75) is 13.8 Å². The van der Waals surface area contributed by atoms with Gasteiger partial charge in [-0.1, -0.05) is 23.8 Å². The monoisotopic (exact) mass is 226 g/mol. The number of nitrogen functional groups attached to an aromatic ring is 1. The standard InChI is InChI=1S/C13H14N4/c1-8-4-5-10(9(2)6-8)13-16-11(7-14)12(15)17(13)3/h4-6H,15H2,1-3H3. The zero-order valence-corrected chi connectivity index (χ0v) is 10.2. The number of nitrogens with zero attached hydrogens (tertiary/aromatic N) is 3. The molecule has 0 saturated carbocycles. The molecule has 0 atom stereocenters. The zero-order chi connectivity index (χ0) is 12.6. The number of aromatic nitrogens is 2. The first-order valence-electron chi connectivity index (χ1n) is 5.34. The van der Waals surface area contributed by atoms with Crippen molar-refractivity contribution in [3.63, 3.8) is 0 Å². The molecular formula is C13H14N4. The van der Waals surface area contributed by atoms with Crippen molar-refractivity contribution >= 4 is 5.82 Å². The van der Waals surface area contributed by atoms with Gasteiger partial charge in [-0.3, -0.25) is 0 Å². The molecule has 1 aromatic carbocycles. The molecule has 2 N–H and O–H groups in total. The first-order valence-corrected chi connectivity index (χ1v) is 5.34. The molecule has 1 heterocycles. The fraction of sp³-hybridized carbons (Fsp3) is 0.231. The van der Waals surface area contributed by atoms with Crippen LogP contribution in [0.15, 0.2) is 18.2 Å².